The highest BCUT2D eigenvalue weighted by molar-refractivity contribution is 8.00. The molecule has 8 heteroatoms. The molecule has 1 aliphatic carbocycles. The third-order valence-corrected chi connectivity index (χ3v) is 6.83. The van der Waals surface area contributed by atoms with E-state index in [0.717, 1.165) is 25.7 Å². The van der Waals surface area contributed by atoms with Crippen LogP contribution in [0.5, 0.6) is 0 Å². The van der Waals surface area contributed by atoms with Gasteiger partial charge in [0, 0.05) is 10.8 Å². The fourth-order valence-corrected chi connectivity index (χ4v) is 5.27. The Balaban J connectivity index is 1.73. The normalized spacial score (nSPS) is 31.3. The van der Waals surface area contributed by atoms with Crippen molar-refractivity contribution < 1.29 is 29.6 Å². The van der Waals surface area contributed by atoms with E-state index in [0.29, 0.717) is 5.25 Å². The van der Waals surface area contributed by atoms with Gasteiger partial charge in [-0.3, -0.25) is 9.59 Å². The van der Waals surface area contributed by atoms with Crippen molar-refractivity contribution in [2.75, 3.05) is 6.61 Å². The van der Waals surface area contributed by atoms with Gasteiger partial charge in [0.25, 0.3) is 5.91 Å². The van der Waals surface area contributed by atoms with Gasteiger partial charge in [-0.2, -0.15) is 0 Å². The predicted octanol–water partition coefficient (Wildman–Crippen LogP) is 0.859. The molecule has 28 heavy (non-hydrogen) atoms. The summed E-state index contributed by atoms with van der Waals surface area (Å²) in [5, 5.41) is 33.1. The van der Waals surface area contributed by atoms with Crippen molar-refractivity contribution in [3.63, 3.8) is 0 Å². The van der Waals surface area contributed by atoms with Crippen LogP contribution in [-0.4, -0.2) is 68.7 Å². The van der Waals surface area contributed by atoms with Crippen molar-refractivity contribution in [2.24, 2.45) is 0 Å². The number of nitrogens with one attached hydrogen (secondary N) is 1. The maximum absolute atomic E-state index is 12.5. The molecule has 0 unspecified atom stereocenters. The zero-order valence-corrected chi connectivity index (χ0v) is 16.4. The molecule has 1 saturated heterocycles. The summed E-state index contributed by atoms with van der Waals surface area (Å²) in [4.78, 5) is 24.9. The average molecular weight is 410 g/mol. The number of hydrogen-bond donors (Lipinski definition) is 4. The van der Waals surface area contributed by atoms with E-state index < -0.39 is 48.1 Å². The number of carbonyl (C=O) groups excluding carboxylic acids is 2. The molecule has 1 aromatic carbocycles. The van der Waals surface area contributed by atoms with Crippen molar-refractivity contribution in [2.45, 2.75) is 67.1 Å². The molecule has 154 valence electrons. The Labute approximate surface area is 168 Å². The van der Waals surface area contributed by atoms with E-state index in [4.69, 9.17) is 4.74 Å². The number of benzene rings is 1. The fourth-order valence-electron chi connectivity index (χ4n) is 3.68. The lowest BCUT2D eigenvalue weighted by Crippen LogP contribution is -2.64. The monoisotopic (exact) mass is 409 g/mol. The van der Waals surface area contributed by atoms with Crippen molar-refractivity contribution in [1.82, 2.24) is 5.32 Å². The zero-order valence-electron chi connectivity index (χ0n) is 15.6. The molecule has 2 fully saturated rings. The first-order chi connectivity index (χ1) is 13.5. The largest absolute Gasteiger partial charge is 0.394 e. The Morgan fingerprint density at radius 2 is 1.75 bits per heavy atom. The molecule has 1 amide bonds. The van der Waals surface area contributed by atoms with Gasteiger partial charge in [-0.25, -0.2) is 0 Å². The first kappa shape index (κ1) is 21.3. The number of thioether (sulfide) groups is 1. The number of Topliss-reactive ketones (excluding diaryl/α,β-unsaturated/α-hetero) is 1. The summed E-state index contributed by atoms with van der Waals surface area (Å²) in [6, 6.07) is 7.20. The minimum absolute atomic E-state index is 0.247. The molecule has 1 aromatic rings. The van der Waals surface area contributed by atoms with E-state index in [9.17, 15) is 24.9 Å². The van der Waals surface area contributed by atoms with Gasteiger partial charge in [-0.05, 0) is 12.8 Å². The van der Waals surface area contributed by atoms with Crippen LogP contribution in [0.15, 0.2) is 30.3 Å². The van der Waals surface area contributed by atoms with Crippen LogP contribution in [0.4, 0.5) is 0 Å². The standard InChI is InChI=1S/C20H27NO6S/c22-11-14-17(24)18(25)15(20(27-14)28-13-9-5-2-6-10-13)21-19(26)16(23)12-7-3-1-4-8-12/h1,3-4,7-8,13-15,17-18,20,22,24-25H,2,5-6,9-11H2,(H,21,26)/t14-,15-,17-,18-,20-/m1/s1. The zero-order chi connectivity index (χ0) is 20.1. The number of hydrogen-bond acceptors (Lipinski definition) is 7. The highest BCUT2D eigenvalue weighted by Crippen LogP contribution is 2.36. The van der Waals surface area contributed by atoms with E-state index in [1.165, 1.54) is 18.2 Å². The second-order valence-corrected chi connectivity index (χ2v) is 8.70. The molecule has 3 rings (SSSR count). The summed E-state index contributed by atoms with van der Waals surface area (Å²) < 4.78 is 5.80. The maximum atomic E-state index is 12.5. The SMILES string of the molecule is O=C(N[C@@H]1[C@@H](O)[C@H](O)[C@@H](CO)O[C@@H]1SC1CCCCC1)C(=O)c1ccccc1. The van der Waals surface area contributed by atoms with Crippen molar-refractivity contribution in [1.29, 1.82) is 0 Å². The summed E-state index contributed by atoms with van der Waals surface area (Å²) in [5.41, 5.74) is -0.414. The number of carbonyl (C=O) groups is 2. The van der Waals surface area contributed by atoms with Gasteiger partial charge in [0.2, 0.25) is 5.78 Å². The van der Waals surface area contributed by atoms with Crippen LogP contribution in [0.2, 0.25) is 0 Å². The van der Waals surface area contributed by atoms with E-state index in [2.05, 4.69) is 5.32 Å². The van der Waals surface area contributed by atoms with Gasteiger partial charge >= 0.3 is 0 Å². The average Bonchev–Trinajstić information content (AvgIpc) is 2.74. The maximum Gasteiger partial charge on any atom is 0.292 e. The minimum Gasteiger partial charge on any atom is -0.394 e. The Kier molecular flexibility index (Phi) is 7.48. The number of ketones is 1. The summed E-state index contributed by atoms with van der Waals surface area (Å²) in [5.74, 6) is -1.57. The van der Waals surface area contributed by atoms with E-state index in [1.54, 1.807) is 30.3 Å². The van der Waals surface area contributed by atoms with Gasteiger partial charge in [-0.15, -0.1) is 11.8 Å². The van der Waals surface area contributed by atoms with Gasteiger partial charge in [0.1, 0.15) is 23.7 Å². The topological polar surface area (TPSA) is 116 Å². The van der Waals surface area contributed by atoms with Crippen LogP contribution in [0.3, 0.4) is 0 Å². The number of rotatable bonds is 6. The van der Waals surface area contributed by atoms with Gasteiger partial charge < -0.3 is 25.4 Å². The molecular formula is C20H27NO6S. The van der Waals surface area contributed by atoms with Crippen LogP contribution < -0.4 is 5.32 Å². The molecule has 4 N–H and O–H groups in total. The van der Waals surface area contributed by atoms with Crippen LogP contribution >= 0.6 is 11.8 Å². The number of aliphatic hydroxyl groups is 3. The molecule has 5 atom stereocenters. The van der Waals surface area contributed by atoms with E-state index in [1.807, 2.05) is 0 Å². The lowest BCUT2D eigenvalue weighted by Gasteiger charge is -2.43. The molecule has 0 spiro atoms. The number of aliphatic hydroxyl groups excluding tert-OH is 3. The van der Waals surface area contributed by atoms with Crippen molar-refractivity contribution >= 4 is 23.5 Å². The van der Waals surface area contributed by atoms with Gasteiger partial charge in [0.05, 0.1) is 12.6 Å². The predicted molar refractivity (Wildman–Crippen MR) is 105 cm³/mol. The Bertz CT molecular complexity index is 666. The second kappa shape index (κ2) is 9.84. The molecule has 7 nitrogen and oxygen atoms in total. The summed E-state index contributed by atoms with van der Waals surface area (Å²) in [6.45, 7) is -0.441. The third kappa shape index (κ3) is 4.93. The molecule has 1 aliphatic heterocycles. The Morgan fingerprint density at radius 3 is 2.39 bits per heavy atom. The number of amides is 1. The smallest absolute Gasteiger partial charge is 0.292 e. The highest BCUT2D eigenvalue weighted by atomic mass is 32.2. The highest BCUT2D eigenvalue weighted by Gasteiger charge is 2.46. The van der Waals surface area contributed by atoms with E-state index >= 15 is 0 Å². The third-order valence-electron chi connectivity index (χ3n) is 5.30. The summed E-state index contributed by atoms with van der Waals surface area (Å²) in [7, 11) is 0. The van der Waals surface area contributed by atoms with Crippen LogP contribution in [-0.2, 0) is 9.53 Å². The second-order valence-electron chi connectivity index (χ2n) is 7.30. The quantitative estimate of drug-likeness (QED) is 0.407. The first-order valence-electron chi connectivity index (χ1n) is 9.69. The Hall–Kier alpha value is -1.45. The van der Waals surface area contributed by atoms with Gasteiger partial charge in [0.15, 0.2) is 0 Å². The fraction of sp³-hybridized carbons (Fsp3) is 0.600. The van der Waals surface area contributed by atoms with Crippen LogP contribution in [0, 0.1) is 0 Å². The van der Waals surface area contributed by atoms with Crippen molar-refractivity contribution in [3.05, 3.63) is 35.9 Å². The van der Waals surface area contributed by atoms with Crippen molar-refractivity contribution in [3.8, 4) is 0 Å². The number of ether oxygens (including phenoxy) is 1. The molecule has 1 heterocycles. The molecule has 0 bridgehead atoms. The summed E-state index contributed by atoms with van der Waals surface area (Å²) in [6.07, 6.45) is 1.80. The van der Waals surface area contributed by atoms with Crippen LogP contribution in [0.1, 0.15) is 42.5 Å². The molecule has 2 aliphatic rings. The minimum atomic E-state index is -1.36. The lowest BCUT2D eigenvalue weighted by molar-refractivity contribution is -0.173. The van der Waals surface area contributed by atoms with Crippen LogP contribution in [0.25, 0.3) is 0 Å². The molecule has 0 radical (unpaired) electrons. The summed E-state index contributed by atoms with van der Waals surface area (Å²) >= 11 is 1.49. The molecule has 0 aromatic heterocycles. The molecule has 1 saturated carbocycles. The Morgan fingerprint density at radius 1 is 1.07 bits per heavy atom. The molecular weight excluding hydrogens is 382 g/mol. The van der Waals surface area contributed by atoms with Gasteiger partial charge in [-0.1, -0.05) is 49.6 Å². The first-order valence-corrected chi connectivity index (χ1v) is 10.6. The van der Waals surface area contributed by atoms with E-state index in [-0.39, 0.29) is 5.56 Å². The lowest BCUT2D eigenvalue weighted by atomic mass is 9.97.